The number of sulfonamides is 1. The fraction of sp³-hybridized carbons (Fsp3) is 0.0909. The van der Waals surface area contributed by atoms with E-state index in [0.29, 0.717) is 17.3 Å². The number of hydrogen-bond acceptors (Lipinski definition) is 7. The molecule has 0 saturated carbocycles. The van der Waals surface area contributed by atoms with E-state index in [2.05, 4.69) is 20.8 Å². The summed E-state index contributed by atoms with van der Waals surface area (Å²) in [6, 6.07) is 18.5. The van der Waals surface area contributed by atoms with Crippen molar-refractivity contribution in [2.75, 3.05) is 19.4 Å². The molecule has 0 aliphatic carbocycles. The monoisotopic (exact) mass is 464 g/mol. The Hall–Kier alpha value is -4.09. The Morgan fingerprint density at radius 2 is 1.76 bits per heavy atom. The van der Waals surface area contributed by atoms with Crippen molar-refractivity contribution in [2.24, 2.45) is 0 Å². The molecule has 168 valence electrons. The Labute approximate surface area is 190 Å². The van der Waals surface area contributed by atoms with Crippen LogP contribution in [-0.4, -0.2) is 52.9 Å². The zero-order chi connectivity index (χ0) is 23.4. The van der Waals surface area contributed by atoms with Crippen LogP contribution >= 0.6 is 0 Å². The molecule has 0 saturated heterocycles. The highest BCUT2D eigenvalue weighted by atomic mass is 32.2. The first-order valence-electron chi connectivity index (χ1n) is 9.79. The maximum atomic E-state index is 13.2. The molecule has 0 spiro atoms. The van der Waals surface area contributed by atoms with Crippen LogP contribution in [0.25, 0.3) is 23.2 Å². The number of tetrazole rings is 1. The van der Waals surface area contributed by atoms with Gasteiger partial charge < -0.3 is 9.73 Å². The zero-order valence-electron chi connectivity index (χ0n) is 17.8. The summed E-state index contributed by atoms with van der Waals surface area (Å²) in [7, 11) is -0.675. The number of furan rings is 1. The van der Waals surface area contributed by atoms with E-state index < -0.39 is 15.9 Å². The zero-order valence-corrected chi connectivity index (χ0v) is 18.6. The minimum Gasteiger partial charge on any atom is -0.465 e. The van der Waals surface area contributed by atoms with Crippen molar-refractivity contribution in [2.45, 2.75) is 4.90 Å². The standard InChI is InChI=1S/C22H20N6O4S/c1-27(2)33(30,31)19-12-10-17(11-13-19)23-22(29)20(15-18-9-6-14-32-18)28-21(24-25-26-28)16-7-4-3-5-8-16/h3-15H,1-2H3,(H,23,29)/b20-15-. The molecule has 1 N–H and O–H groups in total. The van der Waals surface area contributed by atoms with Gasteiger partial charge in [-0.25, -0.2) is 12.7 Å². The van der Waals surface area contributed by atoms with Gasteiger partial charge >= 0.3 is 0 Å². The van der Waals surface area contributed by atoms with E-state index in [-0.39, 0.29) is 10.6 Å². The molecule has 0 atom stereocenters. The summed E-state index contributed by atoms with van der Waals surface area (Å²) in [5, 5.41) is 14.6. The predicted octanol–water partition coefficient (Wildman–Crippen LogP) is 2.82. The SMILES string of the molecule is CN(C)S(=O)(=O)c1ccc(NC(=O)/C(=C/c2ccco2)n2nnnc2-c2ccccc2)cc1. The molecule has 0 bridgehead atoms. The molecular formula is C22H20N6O4S. The van der Waals surface area contributed by atoms with Crippen LogP contribution in [0.2, 0.25) is 0 Å². The number of rotatable bonds is 7. The van der Waals surface area contributed by atoms with E-state index >= 15 is 0 Å². The van der Waals surface area contributed by atoms with Crippen LogP contribution in [0, 0.1) is 0 Å². The minimum atomic E-state index is -3.58. The lowest BCUT2D eigenvalue weighted by atomic mass is 10.2. The van der Waals surface area contributed by atoms with Gasteiger partial charge in [-0.05, 0) is 46.8 Å². The van der Waals surface area contributed by atoms with Crippen LogP contribution in [0.5, 0.6) is 0 Å². The fourth-order valence-electron chi connectivity index (χ4n) is 2.96. The molecule has 0 aliphatic rings. The number of carbonyl (C=O) groups is 1. The third-order valence-electron chi connectivity index (χ3n) is 4.68. The number of benzene rings is 2. The van der Waals surface area contributed by atoms with Crippen molar-refractivity contribution in [3.05, 3.63) is 78.8 Å². The first-order valence-corrected chi connectivity index (χ1v) is 11.2. The molecule has 0 radical (unpaired) electrons. The van der Waals surface area contributed by atoms with E-state index in [1.54, 1.807) is 12.1 Å². The van der Waals surface area contributed by atoms with Gasteiger partial charge in [0, 0.05) is 31.4 Å². The molecular weight excluding hydrogens is 444 g/mol. The number of aromatic nitrogens is 4. The smallest absolute Gasteiger partial charge is 0.274 e. The maximum absolute atomic E-state index is 13.2. The number of hydrogen-bond donors (Lipinski definition) is 1. The quantitative estimate of drug-likeness (QED) is 0.417. The highest BCUT2D eigenvalue weighted by Crippen LogP contribution is 2.22. The summed E-state index contributed by atoms with van der Waals surface area (Å²) in [6.45, 7) is 0. The highest BCUT2D eigenvalue weighted by Gasteiger charge is 2.21. The van der Waals surface area contributed by atoms with Gasteiger partial charge in [0.05, 0.1) is 11.2 Å². The lowest BCUT2D eigenvalue weighted by Crippen LogP contribution is -2.22. The van der Waals surface area contributed by atoms with Gasteiger partial charge in [-0.15, -0.1) is 5.10 Å². The van der Waals surface area contributed by atoms with Gasteiger partial charge in [0.2, 0.25) is 10.0 Å². The molecule has 2 aromatic heterocycles. The van der Waals surface area contributed by atoms with Crippen molar-refractivity contribution >= 4 is 33.4 Å². The Morgan fingerprint density at radius 1 is 1.03 bits per heavy atom. The van der Waals surface area contributed by atoms with Gasteiger partial charge in [-0.1, -0.05) is 30.3 Å². The number of anilines is 1. The highest BCUT2D eigenvalue weighted by molar-refractivity contribution is 7.89. The molecule has 33 heavy (non-hydrogen) atoms. The minimum absolute atomic E-state index is 0.110. The second-order valence-corrected chi connectivity index (χ2v) is 9.24. The van der Waals surface area contributed by atoms with Crippen molar-refractivity contribution in [1.29, 1.82) is 0 Å². The van der Waals surface area contributed by atoms with Gasteiger partial charge in [-0.2, -0.15) is 4.68 Å². The Kier molecular flexibility index (Phi) is 6.16. The molecule has 0 unspecified atom stereocenters. The second kappa shape index (κ2) is 9.18. The van der Waals surface area contributed by atoms with Gasteiger partial charge in [0.25, 0.3) is 5.91 Å². The first kappa shape index (κ1) is 22.1. The molecule has 0 aliphatic heterocycles. The van der Waals surface area contributed by atoms with Crippen LogP contribution in [0.15, 0.2) is 82.3 Å². The van der Waals surface area contributed by atoms with E-state index in [1.165, 1.54) is 55.4 Å². The number of amides is 1. The van der Waals surface area contributed by atoms with E-state index in [4.69, 9.17) is 4.42 Å². The predicted molar refractivity (Wildman–Crippen MR) is 122 cm³/mol. The lowest BCUT2D eigenvalue weighted by molar-refractivity contribution is -0.111. The third-order valence-corrected chi connectivity index (χ3v) is 6.50. The van der Waals surface area contributed by atoms with Gasteiger partial charge in [0.15, 0.2) is 5.82 Å². The first-order chi connectivity index (χ1) is 15.9. The van der Waals surface area contributed by atoms with Gasteiger partial charge in [-0.3, -0.25) is 4.79 Å². The normalized spacial score (nSPS) is 12.2. The third kappa shape index (κ3) is 4.73. The summed E-state index contributed by atoms with van der Waals surface area (Å²) < 4.78 is 32.4. The fourth-order valence-corrected chi connectivity index (χ4v) is 3.87. The average molecular weight is 465 g/mol. The number of carbonyl (C=O) groups excluding carboxylic acids is 1. The second-order valence-electron chi connectivity index (χ2n) is 7.09. The maximum Gasteiger partial charge on any atom is 0.274 e. The van der Waals surface area contributed by atoms with Crippen molar-refractivity contribution < 1.29 is 17.6 Å². The molecule has 2 aromatic carbocycles. The summed E-state index contributed by atoms with van der Waals surface area (Å²) in [5.74, 6) is 0.289. The summed E-state index contributed by atoms with van der Waals surface area (Å²) >= 11 is 0. The molecule has 0 fully saturated rings. The van der Waals surface area contributed by atoms with Crippen molar-refractivity contribution in [3.63, 3.8) is 0 Å². The van der Waals surface area contributed by atoms with Crippen LogP contribution in [-0.2, 0) is 14.8 Å². The Bertz CT molecular complexity index is 1380. The van der Waals surface area contributed by atoms with E-state index in [9.17, 15) is 13.2 Å². The van der Waals surface area contributed by atoms with E-state index in [0.717, 1.165) is 9.87 Å². The van der Waals surface area contributed by atoms with Crippen LogP contribution in [0.3, 0.4) is 0 Å². The van der Waals surface area contributed by atoms with Crippen LogP contribution in [0.4, 0.5) is 5.69 Å². The number of nitrogens with one attached hydrogen (secondary N) is 1. The summed E-state index contributed by atoms with van der Waals surface area (Å²) in [4.78, 5) is 13.4. The van der Waals surface area contributed by atoms with E-state index in [1.807, 2.05) is 30.3 Å². The topological polar surface area (TPSA) is 123 Å². The van der Waals surface area contributed by atoms with Crippen molar-refractivity contribution in [1.82, 2.24) is 24.5 Å². The van der Waals surface area contributed by atoms with Crippen LogP contribution in [0.1, 0.15) is 5.76 Å². The molecule has 1 amide bonds. The molecule has 2 heterocycles. The Morgan fingerprint density at radius 3 is 2.39 bits per heavy atom. The largest absolute Gasteiger partial charge is 0.465 e. The summed E-state index contributed by atoms with van der Waals surface area (Å²) in [5.41, 5.74) is 1.23. The van der Waals surface area contributed by atoms with Crippen LogP contribution < -0.4 is 5.32 Å². The summed E-state index contributed by atoms with van der Waals surface area (Å²) in [6.07, 6.45) is 3.01. The number of nitrogens with zero attached hydrogens (tertiary/aromatic N) is 5. The van der Waals surface area contributed by atoms with Crippen molar-refractivity contribution in [3.8, 4) is 11.4 Å². The average Bonchev–Trinajstić information content (AvgIpc) is 3.50. The molecule has 4 aromatic rings. The molecule has 4 rings (SSSR count). The Balaban J connectivity index is 1.68. The van der Waals surface area contributed by atoms with Gasteiger partial charge in [0.1, 0.15) is 11.5 Å². The molecule has 10 nitrogen and oxygen atoms in total. The molecule has 11 heteroatoms. The lowest BCUT2D eigenvalue weighted by Gasteiger charge is -2.13.